The topological polar surface area (TPSA) is 75.4 Å². The number of nitrogens with one attached hydrogen (secondary N) is 1. The molecular formula is C15H24N2O3. The van der Waals surface area contributed by atoms with Crippen molar-refractivity contribution in [1.82, 2.24) is 5.32 Å². The largest absolute Gasteiger partial charge is 0.393 e. The third kappa shape index (κ3) is 4.58. The number of nitro groups is 1. The van der Waals surface area contributed by atoms with Gasteiger partial charge in [-0.2, -0.15) is 0 Å². The average Bonchev–Trinajstić information content (AvgIpc) is 2.35. The van der Waals surface area contributed by atoms with Crippen LogP contribution in [0.2, 0.25) is 0 Å². The summed E-state index contributed by atoms with van der Waals surface area (Å²) in [6.45, 7) is 8.41. The van der Waals surface area contributed by atoms with Crippen molar-refractivity contribution < 1.29 is 10.0 Å². The Morgan fingerprint density at radius 1 is 1.35 bits per heavy atom. The van der Waals surface area contributed by atoms with Gasteiger partial charge in [-0.3, -0.25) is 10.1 Å². The summed E-state index contributed by atoms with van der Waals surface area (Å²) in [6.07, 6.45) is 0.440. The highest BCUT2D eigenvalue weighted by atomic mass is 16.6. The zero-order chi connectivity index (χ0) is 15.3. The first-order valence-electron chi connectivity index (χ1n) is 6.98. The van der Waals surface area contributed by atoms with Crippen molar-refractivity contribution in [3.05, 3.63) is 39.4 Å². The Morgan fingerprint density at radius 3 is 2.55 bits per heavy atom. The van der Waals surface area contributed by atoms with Crippen LogP contribution >= 0.6 is 0 Å². The normalized spacial score (nSPS) is 15.7. The van der Waals surface area contributed by atoms with Crippen LogP contribution in [0.3, 0.4) is 0 Å². The minimum Gasteiger partial charge on any atom is -0.393 e. The maximum atomic E-state index is 10.9. The van der Waals surface area contributed by atoms with Crippen molar-refractivity contribution in [2.24, 2.45) is 5.92 Å². The van der Waals surface area contributed by atoms with Gasteiger partial charge < -0.3 is 10.4 Å². The third-order valence-electron chi connectivity index (χ3n) is 3.53. The van der Waals surface area contributed by atoms with E-state index in [4.69, 9.17) is 0 Å². The Labute approximate surface area is 120 Å². The van der Waals surface area contributed by atoms with Crippen molar-refractivity contribution in [2.75, 3.05) is 6.54 Å². The van der Waals surface area contributed by atoms with E-state index in [2.05, 4.69) is 12.2 Å². The first-order chi connectivity index (χ1) is 9.32. The molecule has 112 valence electrons. The lowest BCUT2D eigenvalue weighted by molar-refractivity contribution is -0.385. The van der Waals surface area contributed by atoms with Crippen LogP contribution in [0.1, 0.15) is 44.4 Å². The lowest BCUT2D eigenvalue weighted by Gasteiger charge is -2.20. The molecule has 20 heavy (non-hydrogen) atoms. The summed E-state index contributed by atoms with van der Waals surface area (Å²) in [4.78, 5) is 10.6. The predicted molar refractivity (Wildman–Crippen MR) is 79.7 cm³/mol. The maximum absolute atomic E-state index is 10.9. The first-order valence-corrected chi connectivity index (χ1v) is 6.98. The molecule has 2 N–H and O–H groups in total. The van der Waals surface area contributed by atoms with Crippen molar-refractivity contribution in [3.63, 3.8) is 0 Å². The Bertz CT molecular complexity index is 460. The van der Waals surface area contributed by atoms with Crippen LogP contribution in [-0.2, 0) is 0 Å². The molecule has 1 aromatic rings. The molecule has 0 heterocycles. The van der Waals surface area contributed by atoms with E-state index in [-0.39, 0.29) is 22.8 Å². The molecule has 3 atom stereocenters. The Hall–Kier alpha value is -1.46. The van der Waals surface area contributed by atoms with Crippen LogP contribution in [0, 0.1) is 23.0 Å². The van der Waals surface area contributed by atoms with Crippen LogP contribution in [0.4, 0.5) is 5.69 Å². The number of benzene rings is 1. The van der Waals surface area contributed by atoms with Gasteiger partial charge in [-0.25, -0.2) is 0 Å². The van der Waals surface area contributed by atoms with Gasteiger partial charge in [0, 0.05) is 17.7 Å². The van der Waals surface area contributed by atoms with Crippen LogP contribution < -0.4 is 5.32 Å². The summed E-state index contributed by atoms with van der Waals surface area (Å²) >= 11 is 0. The number of hydrogen-bond acceptors (Lipinski definition) is 4. The molecule has 0 radical (unpaired) electrons. The van der Waals surface area contributed by atoms with Crippen molar-refractivity contribution in [2.45, 2.75) is 46.3 Å². The molecule has 0 aliphatic heterocycles. The van der Waals surface area contributed by atoms with Gasteiger partial charge in [-0.15, -0.1) is 0 Å². The molecule has 1 aromatic carbocycles. The van der Waals surface area contributed by atoms with E-state index in [1.807, 2.05) is 13.0 Å². The zero-order valence-electron chi connectivity index (χ0n) is 12.6. The summed E-state index contributed by atoms with van der Waals surface area (Å²) in [7, 11) is 0. The summed E-state index contributed by atoms with van der Waals surface area (Å²) < 4.78 is 0. The highest BCUT2D eigenvalue weighted by Gasteiger charge is 2.17. The minimum atomic E-state index is -0.346. The zero-order valence-corrected chi connectivity index (χ0v) is 12.6. The number of aliphatic hydroxyl groups excluding tert-OH is 1. The van der Waals surface area contributed by atoms with Gasteiger partial charge in [0.25, 0.3) is 5.69 Å². The van der Waals surface area contributed by atoms with Gasteiger partial charge in [0.15, 0.2) is 0 Å². The monoisotopic (exact) mass is 280 g/mol. The summed E-state index contributed by atoms with van der Waals surface area (Å²) in [5.74, 6) is 0.358. The first kappa shape index (κ1) is 16.6. The van der Waals surface area contributed by atoms with Crippen molar-refractivity contribution in [1.29, 1.82) is 0 Å². The number of rotatable bonds is 7. The van der Waals surface area contributed by atoms with Gasteiger partial charge in [0.05, 0.1) is 11.0 Å². The Kier molecular flexibility index (Phi) is 6.10. The SMILES string of the molecule is Cc1c(C(C)NCC(C)CC(C)O)cccc1[N+](=O)[O-]. The molecule has 0 aliphatic carbocycles. The van der Waals surface area contributed by atoms with Crippen LogP contribution in [0.5, 0.6) is 0 Å². The molecule has 0 amide bonds. The molecule has 0 fully saturated rings. The molecule has 1 rings (SSSR count). The van der Waals surface area contributed by atoms with E-state index in [0.29, 0.717) is 11.5 Å². The number of hydrogen-bond donors (Lipinski definition) is 2. The van der Waals surface area contributed by atoms with Crippen LogP contribution in [0.15, 0.2) is 18.2 Å². The molecule has 0 aromatic heterocycles. The lowest BCUT2D eigenvalue weighted by atomic mass is 9.99. The fraction of sp³-hybridized carbons (Fsp3) is 0.600. The number of aliphatic hydroxyl groups is 1. The van der Waals surface area contributed by atoms with Crippen LogP contribution in [-0.4, -0.2) is 22.7 Å². The number of nitrogens with zero attached hydrogens (tertiary/aromatic N) is 1. The molecule has 5 heteroatoms. The predicted octanol–water partition coefficient (Wildman–Crippen LogP) is 2.96. The molecular weight excluding hydrogens is 256 g/mol. The average molecular weight is 280 g/mol. The number of nitro benzene ring substituents is 1. The van der Waals surface area contributed by atoms with Gasteiger partial charge in [0.2, 0.25) is 0 Å². The molecule has 0 spiro atoms. The molecule has 0 saturated heterocycles. The second-order valence-electron chi connectivity index (χ2n) is 5.57. The van der Waals surface area contributed by atoms with Gasteiger partial charge >= 0.3 is 0 Å². The fourth-order valence-electron chi connectivity index (χ4n) is 2.46. The minimum absolute atomic E-state index is 0.0475. The van der Waals surface area contributed by atoms with E-state index >= 15 is 0 Å². The van der Waals surface area contributed by atoms with Crippen molar-refractivity contribution >= 4 is 5.69 Å². The summed E-state index contributed by atoms with van der Waals surface area (Å²) in [5, 5.41) is 23.7. The quantitative estimate of drug-likeness (QED) is 0.594. The fourth-order valence-corrected chi connectivity index (χ4v) is 2.46. The van der Waals surface area contributed by atoms with E-state index in [1.165, 1.54) is 6.07 Å². The lowest BCUT2D eigenvalue weighted by Crippen LogP contribution is -2.26. The highest BCUT2D eigenvalue weighted by Crippen LogP contribution is 2.25. The summed E-state index contributed by atoms with van der Waals surface area (Å²) in [5.41, 5.74) is 1.82. The Morgan fingerprint density at radius 2 is 2.00 bits per heavy atom. The molecule has 0 bridgehead atoms. The second-order valence-corrected chi connectivity index (χ2v) is 5.57. The summed E-state index contributed by atoms with van der Waals surface area (Å²) in [6, 6.07) is 5.21. The van der Waals surface area contributed by atoms with Gasteiger partial charge in [-0.1, -0.05) is 19.1 Å². The molecule has 3 unspecified atom stereocenters. The van der Waals surface area contributed by atoms with E-state index < -0.39 is 0 Å². The van der Waals surface area contributed by atoms with E-state index in [1.54, 1.807) is 19.9 Å². The smallest absolute Gasteiger partial charge is 0.272 e. The standard InChI is InChI=1S/C15H24N2O3/c1-10(8-11(2)18)9-16-13(4)14-6-5-7-15(12(14)3)17(19)20/h5-7,10-11,13,16,18H,8-9H2,1-4H3. The third-order valence-corrected chi connectivity index (χ3v) is 3.53. The maximum Gasteiger partial charge on any atom is 0.272 e. The molecule has 0 saturated carbocycles. The van der Waals surface area contributed by atoms with Gasteiger partial charge in [0.1, 0.15) is 0 Å². The van der Waals surface area contributed by atoms with Gasteiger partial charge in [-0.05, 0) is 45.2 Å². The van der Waals surface area contributed by atoms with Crippen molar-refractivity contribution in [3.8, 4) is 0 Å². The van der Waals surface area contributed by atoms with E-state index in [9.17, 15) is 15.2 Å². The second kappa shape index (κ2) is 7.36. The van der Waals surface area contributed by atoms with E-state index in [0.717, 1.165) is 18.5 Å². The molecule has 0 aliphatic rings. The Balaban J connectivity index is 2.71. The van der Waals surface area contributed by atoms with Crippen LogP contribution in [0.25, 0.3) is 0 Å². The highest BCUT2D eigenvalue weighted by molar-refractivity contribution is 5.45. The molecule has 5 nitrogen and oxygen atoms in total.